The Bertz CT molecular complexity index is 1200. The molecule has 0 saturated carbocycles. The number of thiazole rings is 1. The molecular weight excluding hydrogens is 443 g/mol. The number of rotatable bonds is 3. The number of carbonyl (C=O) groups is 1. The van der Waals surface area contributed by atoms with E-state index < -0.39 is 18.1 Å². The van der Waals surface area contributed by atoms with Gasteiger partial charge in [0.2, 0.25) is 0 Å². The summed E-state index contributed by atoms with van der Waals surface area (Å²) in [6.45, 7) is 0.702. The number of hydrogen-bond donors (Lipinski definition) is 2. The quantitative estimate of drug-likeness (QED) is 0.624. The number of allylic oxidation sites excluding steroid dienone is 1. The van der Waals surface area contributed by atoms with Crippen LogP contribution in [0.1, 0.15) is 18.0 Å². The molecule has 7 nitrogen and oxygen atoms in total. The molecule has 1 fully saturated rings. The van der Waals surface area contributed by atoms with Crippen LogP contribution in [-0.4, -0.2) is 51.4 Å². The number of anilines is 2. The normalized spacial score (nSPS) is 23.9. The highest BCUT2D eigenvalue weighted by Crippen LogP contribution is 2.36. The van der Waals surface area contributed by atoms with Gasteiger partial charge in [0, 0.05) is 18.7 Å². The molecule has 5 rings (SSSR count). The number of fused-ring (bicyclic) bond motifs is 1. The van der Waals surface area contributed by atoms with E-state index in [9.17, 15) is 19.4 Å². The zero-order valence-electron chi connectivity index (χ0n) is 16.2. The van der Waals surface area contributed by atoms with E-state index in [1.165, 1.54) is 34.6 Å². The molecule has 2 aliphatic heterocycles. The van der Waals surface area contributed by atoms with Crippen LogP contribution in [0.2, 0.25) is 5.02 Å². The molecule has 2 aliphatic rings. The predicted octanol–water partition coefficient (Wildman–Crippen LogP) is 3.06. The molecule has 3 atom stereocenters. The Labute approximate surface area is 186 Å². The summed E-state index contributed by atoms with van der Waals surface area (Å²) in [6.07, 6.45) is 3.67. The Morgan fingerprint density at radius 3 is 2.77 bits per heavy atom. The standard InChI is InChI=1S/C21H18ClFN4O3S/c22-14-8-13(27-10-16(28)19(29)20(27)30)9-24-18(14)11-3-5-26(6-4-11)21-25-15-2-1-12(23)7-17(15)31-21/h1-3,5,7-9,11,16,19,28-29H,4,6,10H2/t11?,16-,19-/m1/s1. The maximum Gasteiger partial charge on any atom is 0.258 e. The number of halogens is 2. The van der Waals surface area contributed by atoms with E-state index in [-0.39, 0.29) is 18.3 Å². The largest absolute Gasteiger partial charge is 0.388 e. The molecule has 31 heavy (non-hydrogen) atoms. The van der Waals surface area contributed by atoms with Gasteiger partial charge in [-0.2, -0.15) is 0 Å². The van der Waals surface area contributed by atoms with E-state index in [1.807, 2.05) is 17.2 Å². The van der Waals surface area contributed by atoms with Gasteiger partial charge in [-0.05, 0) is 30.7 Å². The van der Waals surface area contributed by atoms with Gasteiger partial charge in [-0.1, -0.05) is 29.0 Å². The molecule has 0 spiro atoms. The smallest absolute Gasteiger partial charge is 0.258 e. The van der Waals surface area contributed by atoms with Crippen LogP contribution in [0.4, 0.5) is 15.2 Å². The lowest BCUT2D eigenvalue weighted by Gasteiger charge is -2.26. The first-order valence-electron chi connectivity index (χ1n) is 9.75. The van der Waals surface area contributed by atoms with Crippen LogP contribution < -0.4 is 9.80 Å². The van der Waals surface area contributed by atoms with Gasteiger partial charge < -0.3 is 20.0 Å². The van der Waals surface area contributed by atoms with Crippen molar-refractivity contribution in [2.75, 3.05) is 22.9 Å². The monoisotopic (exact) mass is 460 g/mol. The molecule has 2 aromatic heterocycles. The summed E-state index contributed by atoms with van der Waals surface area (Å²) >= 11 is 7.90. The highest BCUT2D eigenvalue weighted by atomic mass is 35.5. The summed E-state index contributed by atoms with van der Waals surface area (Å²) in [5, 5.41) is 20.6. The van der Waals surface area contributed by atoms with Crippen LogP contribution in [0, 0.1) is 5.82 Å². The van der Waals surface area contributed by atoms with Crippen molar-refractivity contribution >= 4 is 49.9 Å². The molecule has 1 saturated heterocycles. The molecule has 1 unspecified atom stereocenters. The van der Waals surface area contributed by atoms with Crippen molar-refractivity contribution in [1.82, 2.24) is 9.97 Å². The van der Waals surface area contributed by atoms with E-state index in [0.717, 1.165) is 21.8 Å². The minimum Gasteiger partial charge on any atom is -0.388 e. The fourth-order valence-electron chi connectivity index (χ4n) is 3.85. The van der Waals surface area contributed by atoms with Crippen LogP contribution in [0.5, 0.6) is 0 Å². The third kappa shape index (κ3) is 3.67. The Morgan fingerprint density at radius 1 is 1.26 bits per heavy atom. The van der Waals surface area contributed by atoms with Gasteiger partial charge in [-0.3, -0.25) is 9.78 Å². The number of hydrogen-bond acceptors (Lipinski definition) is 7. The molecule has 10 heteroatoms. The van der Waals surface area contributed by atoms with Crippen LogP contribution in [0.3, 0.4) is 0 Å². The van der Waals surface area contributed by atoms with Gasteiger partial charge >= 0.3 is 0 Å². The number of carbonyl (C=O) groups excluding carboxylic acids is 1. The molecule has 3 aromatic rings. The van der Waals surface area contributed by atoms with Crippen molar-refractivity contribution in [2.45, 2.75) is 24.5 Å². The number of aromatic nitrogens is 2. The zero-order valence-corrected chi connectivity index (χ0v) is 17.7. The molecule has 2 N–H and O–H groups in total. The fourth-order valence-corrected chi connectivity index (χ4v) is 5.15. The van der Waals surface area contributed by atoms with Crippen LogP contribution >= 0.6 is 22.9 Å². The summed E-state index contributed by atoms with van der Waals surface area (Å²) in [6, 6.07) is 6.20. The molecule has 4 heterocycles. The second kappa shape index (κ2) is 7.83. The van der Waals surface area contributed by atoms with Crippen molar-refractivity contribution in [3.8, 4) is 0 Å². The Kier molecular flexibility index (Phi) is 5.13. The molecule has 160 valence electrons. The number of benzene rings is 1. The van der Waals surface area contributed by atoms with E-state index >= 15 is 0 Å². The lowest BCUT2D eigenvalue weighted by Crippen LogP contribution is -2.30. The molecule has 1 amide bonds. The fraction of sp³-hybridized carbons (Fsp3) is 0.286. The van der Waals surface area contributed by atoms with Gasteiger partial charge in [0.1, 0.15) is 11.9 Å². The van der Waals surface area contributed by atoms with Crippen molar-refractivity contribution in [1.29, 1.82) is 0 Å². The summed E-state index contributed by atoms with van der Waals surface area (Å²) in [4.78, 5) is 24.4. The molecule has 1 aromatic carbocycles. The number of β-amino-alcohol motifs (C(OH)–C–C–N with tert-alkyl or cyclic N) is 1. The Hall–Kier alpha value is -2.59. The second-order valence-electron chi connectivity index (χ2n) is 7.56. The van der Waals surface area contributed by atoms with E-state index in [4.69, 9.17) is 11.6 Å². The Balaban J connectivity index is 1.34. The van der Waals surface area contributed by atoms with Crippen LogP contribution in [0.15, 0.2) is 42.7 Å². The maximum atomic E-state index is 13.4. The van der Waals surface area contributed by atoms with Gasteiger partial charge in [0.05, 0.1) is 39.4 Å². The number of pyridine rings is 1. The third-order valence-electron chi connectivity index (χ3n) is 5.54. The first-order valence-corrected chi connectivity index (χ1v) is 10.9. The van der Waals surface area contributed by atoms with Gasteiger partial charge in [0.15, 0.2) is 11.2 Å². The lowest BCUT2D eigenvalue weighted by atomic mass is 9.98. The average Bonchev–Trinajstić information content (AvgIpc) is 3.30. The lowest BCUT2D eigenvalue weighted by molar-refractivity contribution is -0.126. The molecule has 0 aliphatic carbocycles. The number of nitrogens with zero attached hydrogens (tertiary/aromatic N) is 4. The van der Waals surface area contributed by atoms with Crippen molar-refractivity contribution < 1.29 is 19.4 Å². The predicted molar refractivity (Wildman–Crippen MR) is 117 cm³/mol. The van der Waals surface area contributed by atoms with Crippen LogP contribution in [-0.2, 0) is 4.79 Å². The first kappa shape index (κ1) is 20.3. The average molecular weight is 461 g/mol. The number of aliphatic hydroxyl groups is 2. The zero-order chi connectivity index (χ0) is 21.7. The van der Waals surface area contributed by atoms with Crippen molar-refractivity contribution in [3.63, 3.8) is 0 Å². The molecular formula is C21H18ClFN4O3S. The van der Waals surface area contributed by atoms with E-state index in [2.05, 4.69) is 9.97 Å². The minimum atomic E-state index is -1.43. The van der Waals surface area contributed by atoms with Gasteiger partial charge in [-0.15, -0.1) is 0 Å². The maximum absolute atomic E-state index is 13.4. The first-order chi connectivity index (χ1) is 14.9. The topological polar surface area (TPSA) is 89.8 Å². The number of aliphatic hydroxyl groups excluding tert-OH is 2. The van der Waals surface area contributed by atoms with Gasteiger partial charge in [-0.25, -0.2) is 9.37 Å². The summed E-state index contributed by atoms with van der Waals surface area (Å²) in [5.41, 5.74) is 1.90. The third-order valence-corrected chi connectivity index (χ3v) is 6.89. The van der Waals surface area contributed by atoms with Crippen LogP contribution in [0.25, 0.3) is 10.2 Å². The number of amides is 1. The second-order valence-corrected chi connectivity index (χ2v) is 8.98. The summed E-state index contributed by atoms with van der Waals surface area (Å²) < 4.78 is 14.2. The van der Waals surface area contributed by atoms with Crippen molar-refractivity contribution in [3.05, 3.63) is 59.3 Å². The SMILES string of the molecule is O=C1[C@H](O)[C@H](O)CN1c1cnc(C2C=CN(c3nc4ccc(F)cc4s3)CC2)c(Cl)c1. The summed E-state index contributed by atoms with van der Waals surface area (Å²) in [5.74, 6) is -0.849. The van der Waals surface area contributed by atoms with Crippen molar-refractivity contribution in [2.24, 2.45) is 0 Å². The van der Waals surface area contributed by atoms with E-state index in [0.29, 0.717) is 22.9 Å². The van der Waals surface area contributed by atoms with E-state index in [1.54, 1.807) is 12.1 Å². The molecule has 0 bridgehead atoms. The highest BCUT2D eigenvalue weighted by molar-refractivity contribution is 7.22. The molecule has 0 radical (unpaired) electrons. The van der Waals surface area contributed by atoms with Gasteiger partial charge in [0.25, 0.3) is 5.91 Å². The summed E-state index contributed by atoms with van der Waals surface area (Å²) in [7, 11) is 0. The minimum absolute atomic E-state index is 0.00170. The highest BCUT2D eigenvalue weighted by Gasteiger charge is 2.39. The Morgan fingerprint density at radius 2 is 2.10 bits per heavy atom.